The smallest absolute Gasteiger partial charge is 0.329 e. The van der Waals surface area contributed by atoms with Crippen LogP contribution in [0.5, 0.6) is 0 Å². The van der Waals surface area contributed by atoms with Crippen LogP contribution in [-0.2, 0) is 23.1 Å². The van der Waals surface area contributed by atoms with Gasteiger partial charge in [-0.25, -0.2) is 4.79 Å². The topological polar surface area (TPSA) is 105 Å². The largest absolute Gasteiger partial charge is 0.468 e. The molecule has 0 unspecified atom stereocenters. The standard InChI is InChI=1S/C17H26N6O4/c1-11(2)9-23-13-14(20(3)17(26)19-15(13)25)18-16(23)22-7-5-21(6-8-22)10-12(24)27-4/h11H,5-10H2,1-4H3,(H,19,25,26). The first-order chi connectivity index (χ1) is 12.8. The van der Waals surface area contributed by atoms with Crippen molar-refractivity contribution in [2.24, 2.45) is 13.0 Å². The van der Waals surface area contributed by atoms with Gasteiger partial charge in [-0.3, -0.25) is 24.0 Å². The van der Waals surface area contributed by atoms with Crippen LogP contribution in [0.2, 0.25) is 0 Å². The average Bonchev–Trinajstić information content (AvgIpc) is 2.99. The van der Waals surface area contributed by atoms with Gasteiger partial charge in [0, 0.05) is 39.8 Å². The van der Waals surface area contributed by atoms with Gasteiger partial charge in [-0.1, -0.05) is 13.8 Å². The number of carbonyl (C=O) groups excluding carboxylic acids is 1. The van der Waals surface area contributed by atoms with Gasteiger partial charge in [0.2, 0.25) is 5.95 Å². The first kappa shape index (κ1) is 19.2. The SMILES string of the molecule is COC(=O)CN1CCN(c2nc3c(c(=O)[nH]c(=O)n3C)n2CC(C)C)CC1. The van der Waals surface area contributed by atoms with Crippen molar-refractivity contribution >= 4 is 23.1 Å². The van der Waals surface area contributed by atoms with Crippen LogP contribution in [0.4, 0.5) is 5.95 Å². The van der Waals surface area contributed by atoms with E-state index in [1.807, 2.05) is 9.47 Å². The van der Waals surface area contributed by atoms with E-state index >= 15 is 0 Å². The number of hydrogen-bond acceptors (Lipinski definition) is 7. The molecule has 1 N–H and O–H groups in total. The van der Waals surface area contributed by atoms with E-state index < -0.39 is 11.2 Å². The van der Waals surface area contributed by atoms with Crippen molar-refractivity contribution in [3.63, 3.8) is 0 Å². The Hall–Kier alpha value is -2.62. The minimum Gasteiger partial charge on any atom is -0.468 e. The highest BCUT2D eigenvalue weighted by Crippen LogP contribution is 2.22. The van der Waals surface area contributed by atoms with E-state index in [2.05, 4.69) is 28.7 Å². The summed E-state index contributed by atoms with van der Waals surface area (Å²) in [5, 5.41) is 0. The second-order valence-electron chi connectivity index (χ2n) is 7.25. The van der Waals surface area contributed by atoms with E-state index in [9.17, 15) is 14.4 Å². The zero-order chi connectivity index (χ0) is 19.7. The summed E-state index contributed by atoms with van der Waals surface area (Å²) in [6, 6.07) is 0. The van der Waals surface area contributed by atoms with E-state index in [1.54, 1.807) is 7.05 Å². The summed E-state index contributed by atoms with van der Waals surface area (Å²) in [5.41, 5.74) is -0.0952. The Morgan fingerprint density at radius 1 is 1.22 bits per heavy atom. The molecule has 3 heterocycles. The van der Waals surface area contributed by atoms with Crippen LogP contribution in [0.15, 0.2) is 9.59 Å². The van der Waals surface area contributed by atoms with Crippen LogP contribution in [0.1, 0.15) is 13.8 Å². The Labute approximate surface area is 156 Å². The molecule has 0 radical (unpaired) electrons. The first-order valence-electron chi connectivity index (χ1n) is 9.05. The molecule has 2 aromatic heterocycles. The first-order valence-corrected chi connectivity index (χ1v) is 9.05. The van der Waals surface area contributed by atoms with Crippen molar-refractivity contribution in [1.82, 2.24) is 24.0 Å². The van der Waals surface area contributed by atoms with Gasteiger partial charge in [-0.05, 0) is 5.92 Å². The van der Waals surface area contributed by atoms with Crippen molar-refractivity contribution in [2.75, 3.05) is 44.7 Å². The number of nitrogens with one attached hydrogen (secondary N) is 1. The predicted molar refractivity (Wildman–Crippen MR) is 101 cm³/mol. The van der Waals surface area contributed by atoms with Crippen molar-refractivity contribution in [2.45, 2.75) is 20.4 Å². The number of methoxy groups -OCH3 is 1. The lowest BCUT2D eigenvalue weighted by Gasteiger charge is -2.34. The highest BCUT2D eigenvalue weighted by molar-refractivity contribution is 5.74. The number of H-pyrrole nitrogens is 1. The number of piperazine rings is 1. The number of hydrogen-bond donors (Lipinski definition) is 1. The molecule has 0 amide bonds. The molecule has 2 aromatic rings. The highest BCUT2D eigenvalue weighted by Gasteiger charge is 2.26. The molecule has 0 bridgehead atoms. The third kappa shape index (κ3) is 3.75. The minimum atomic E-state index is -0.476. The van der Waals surface area contributed by atoms with Crippen molar-refractivity contribution in [3.05, 3.63) is 20.8 Å². The van der Waals surface area contributed by atoms with E-state index in [1.165, 1.54) is 11.7 Å². The molecule has 27 heavy (non-hydrogen) atoms. The monoisotopic (exact) mass is 378 g/mol. The summed E-state index contributed by atoms with van der Waals surface area (Å²) in [4.78, 5) is 47.0. The lowest BCUT2D eigenvalue weighted by Crippen LogP contribution is -2.49. The van der Waals surface area contributed by atoms with Gasteiger partial charge in [0.15, 0.2) is 11.2 Å². The van der Waals surface area contributed by atoms with E-state index in [4.69, 9.17) is 4.74 Å². The second-order valence-corrected chi connectivity index (χ2v) is 7.25. The number of aromatic nitrogens is 4. The van der Waals surface area contributed by atoms with Crippen LogP contribution in [-0.4, -0.2) is 69.8 Å². The molecule has 3 rings (SSSR count). The lowest BCUT2D eigenvalue weighted by atomic mass is 10.2. The van der Waals surface area contributed by atoms with Crippen molar-refractivity contribution in [3.8, 4) is 0 Å². The van der Waals surface area contributed by atoms with Crippen LogP contribution in [0.25, 0.3) is 11.2 Å². The van der Waals surface area contributed by atoms with Gasteiger partial charge in [0.25, 0.3) is 5.56 Å². The van der Waals surface area contributed by atoms with Gasteiger partial charge in [-0.2, -0.15) is 4.98 Å². The summed E-state index contributed by atoms with van der Waals surface area (Å²) in [6.45, 7) is 7.75. The lowest BCUT2D eigenvalue weighted by molar-refractivity contribution is -0.142. The molecule has 0 aromatic carbocycles. The van der Waals surface area contributed by atoms with Gasteiger partial charge in [-0.15, -0.1) is 0 Å². The van der Waals surface area contributed by atoms with Crippen LogP contribution < -0.4 is 16.1 Å². The Morgan fingerprint density at radius 2 is 1.89 bits per heavy atom. The number of anilines is 1. The molecule has 0 spiro atoms. The fraction of sp³-hybridized carbons (Fsp3) is 0.647. The quantitative estimate of drug-likeness (QED) is 0.691. The number of aryl methyl sites for hydroxylation is 1. The highest BCUT2D eigenvalue weighted by atomic mass is 16.5. The Balaban J connectivity index is 1.96. The van der Waals surface area contributed by atoms with Gasteiger partial charge < -0.3 is 14.2 Å². The molecular formula is C17H26N6O4. The van der Waals surface area contributed by atoms with Gasteiger partial charge in [0.1, 0.15) is 0 Å². The third-order valence-electron chi connectivity index (χ3n) is 4.77. The molecule has 1 aliphatic rings. The fourth-order valence-corrected chi connectivity index (χ4v) is 3.36. The number of rotatable bonds is 5. The number of aromatic amines is 1. The maximum Gasteiger partial charge on any atom is 0.329 e. The molecule has 1 aliphatic heterocycles. The Morgan fingerprint density at radius 3 is 2.48 bits per heavy atom. The maximum absolute atomic E-state index is 12.4. The molecule has 148 valence electrons. The molecule has 1 saturated heterocycles. The molecule has 0 aliphatic carbocycles. The van der Waals surface area contributed by atoms with Crippen LogP contribution >= 0.6 is 0 Å². The summed E-state index contributed by atoms with van der Waals surface area (Å²) >= 11 is 0. The normalized spacial score (nSPS) is 15.7. The minimum absolute atomic E-state index is 0.253. The van der Waals surface area contributed by atoms with Crippen LogP contribution in [0.3, 0.4) is 0 Å². The fourth-order valence-electron chi connectivity index (χ4n) is 3.36. The van der Waals surface area contributed by atoms with E-state index in [0.29, 0.717) is 55.8 Å². The summed E-state index contributed by atoms with van der Waals surface area (Å²) < 4.78 is 7.99. The average molecular weight is 378 g/mol. The van der Waals surface area contributed by atoms with Gasteiger partial charge in [0.05, 0.1) is 13.7 Å². The molecule has 0 atom stereocenters. The summed E-state index contributed by atoms with van der Waals surface area (Å²) in [6.07, 6.45) is 0. The Kier molecular flexibility index (Phi) is 5.36. The molecule has 10 heteroatoms. The van der Waals surface area contributed by atoms with Gasteiger partial charge >= 0.3 is 11.7 Å². The van der Waals surface area contributed by atoms with Crippen molar-refractivity contribution < 1.29 is 9.53 Å². The van der Waals surface area contributed by atoms with Crippen LogP contribution in [0, 0.1) is 5.92 Å². The summed E-state index contributed by atoms with van der Waals surface area (Å²) in [7, 11) is 2.99. The Bertz CT molecular complexity index is 949. The van der Waals surface area contributed by atoms with E-state index in [-0.39, 0.29) is 12.5 Å². The van der Waals surface area contributed by atoms with Crippen molar-refractivity contribution in [1.29, 1.82) is 0 Å². The predicted octanol–water partition coefficient (Wildman–Crippen LogP) is -0.626. The second kappa shape index (κ2) is 7.55. The zero-order valence-electron chi connectivity index (χ0n) is 16.2. The van der Waals surface area contributed by atoms with E-state index in [0.717, 1.165) is 0 Å². The number of imidazole rings is 1. The maximum atomic E-state index is 12.4. The number of fused-ring (bicyclic) bond motifs is 1. The number of nitrogens with zero attached hydrogens (tertiary/aromatic N) is 5. The summed E-state index contributed by atoms with van der Waals surface area (Å²) in [5.74, 6) is 0.735. The number of esters is 1. The molecule has 1 fully saturated rings. The zero-order valence-corrected chi connectivity index (χ0v) is 16.2. The molecule has 10 nitrogen and oxygen atoms in total. The number of ether oxygens (including phenoxy) is 1. The third-order valence-corrected chi connectivity index (χ3v) is 4.77. The number of carbonyl (C=O) groups is 1. The molecular weight excluding hydrogens is 352 g/mol. The molecule has 0 saturated carbocycles.